The summed E-state index contributed by atoms with van der Waals surface area (Å²) in [6, 6.07) is 18.7. The first-order chi connectivity index (χ1) is 15.2. The van der Waals surface area contributed by atoms with Crippen molar-refractivity contribution < 1.29 is 0 Å². The number of aryl methyl sites for hydroxylation is 1. The summed E-state index contributed by atoms with van der Waals surface area (Å²) >= 11 is 0. The van der Waals surface area contributed by atoms with Crippen LogP contribution in [0.4, 0.5) is 5.69 Å². The minimum atomic E-state index is -0.0332. The van der Waals surface area contributed by atoms with Gasteiger partial charge in [0.2, 0.25) is 0 Å². The molecule has 3 aromatic rings. The fourth-order valence-corrected chi connectivity index (χ4v) is 6.86. The molecule has 2 aliphatic carbocycles. The van der Waals surface area contributed by atoms with Gasteiger partial charge in [-0.1, -0.05) is 85.2 Å². The van der Waals surface area contributed by atoms with E-state index in [9.17, 15) is 0 Å². The summed E-state index contributed by atoms with van der Waals surface area (Å²) in [5.74, 6) is 0. The Labute approximate surface area is 200 Å². The Bertz CT molecular complexity index is 1300. The van der Waals surface area contributed by atoms with Crippen molar-refractivity contribution in [3.05, 3.63) is 76.3 Å². The van der Waals surface area contributed by atoms with E-state index in [-0.39, 0.29) is 21.7 Å². The van der Waals surface area contributed by atoms with Crippen LogP contribution in [-0.4, -0.2) is 0 Å². The van der Waals surface area contributed by atoms with Crippen LogP contribution in [0.5, 0.6) is 0 Å². The maximum atomic E-state index is 6.28. The minimum Gasteiger partial charge on any atom is -0.399 e. The van der Waals surface area contributed by atoms with E-state index in [4.69, 9.17) is 5.73 Å². The summed E-state index contributed by atoms with van der Waals surface area (Å²) in [6.07, 6.45) is 1.12. The number of rotatable bonds is 0. The van der Waals surface area contributed by atoms with Crippen molar-refractivity contribution in [1.82, 2.24) is 0 Å². The fourth-order valence-electron chi connectivity index (χ4n) is 6.86. The zero-order valence-electron chi connectivity index (χ0n) is 21.9. The number of hydrogen-bond acceptors (Lipinski definition) is 1. The molecule has 0 aliphatic heterocycles. The summed E-state index contributed by atoms with van der Waals surface area (Å²) < 4.78 is 0. The van der Waals surface area contributed by atoms with Crippen molar-refractivity contribution in [1.29, 1.82) is 0 Å². The van der Waals surface area contributed by atoms with E-state index in [0.29, 0.717) is 0 Å². The number of nitrogen functional groups attached to an aromatic ring is 1. The Morgan fingerprint density at radius 2 is 1.00 bits per heavy atom. The molecule has 0 amide bonds. The van der Waals surface area contributed by atoms with Gasteiger partial charge in [0, 0.05) is 5.69 Å². The number of anilines is 1. The Morgan fingerprint density at radius 3 is 1.64 bits per heavy atom. The van der Waals surface area contributed by atoms with E-state index in [1.807, 2.05) is 0 Å². The first kappa shape index (κ1) is 22.3. The van der Waals surface area contributed by atoms with Crippen LogP contribution in [-0.2, 0) is 21.7 Å². The Hall–Kier alpha value is -2.54. The maximum absolute atomic E-state index is 6.28. The molecule has 1 nitrogen and oxygen atoms in total. The number of fused-ring (bicyclic) bond motifs is 6. The number of nitrogens with two attached hydrogens (primary N) is 1. The van der Waals surface area contributed by atoms with Crippen molar-refractivity contribution in [2.24, 2.45) is 0 Å². The highest BCUT2D eigenvalue weighted by atomic mass is 14.6. The quantitative estimate of drug-likeness (QED) is 0.351. The van der Waals surface area contributed by atoms with E-state index in [2.05, 4.69) is 111 Å². The van der Waals surface area contributed by atoms with Gasteiger partial charge < -0.3 is 5.73 Å². The van der Waals surface area contributed by atoms with Gasteiger partial charge >= 0.3 is 0 Å². The Balaban J connectivity index is 1.92. The lowest BCUT2D eigenvalue weighted by Crippen LogP contribution is -2.43. The fraction of sp³-hybridized carbons (Fsp3) is 0.438. The third-order valence-electron chi connectivity index (χ3n) is 9.21. The maximum Gasteiger partial charge on any atom is 0.0317 e. The van der Waals surface area contributed by atoms with Crippen LogP contribution in [0.2, 0.25) is 0 Å². The van der Waals surface area contributed by atoms with Gasteiger partial charge in [0.1, 0.15) is 0 Å². The predicted molar refractivity (Wildman–Crippen MR) is 143 cm³/mol. The third kappa shape index (κ3) is 2.97. The van der Waals surface area contributed by atoms with Crippen molar-refractivity contribution in [2.75, 3.05) is 5.73 Å². The zero-order valence-corrected chi connectivity index (χ0v) is 21.9. The largest absolute Gasteiger partial charge is 0.399 e. The molecule has 172 valence electrons. The second-order valence-corrected chi connectivity index (χ2v) is 13.0. The monoisotopic (exact) mass is 437 g/mol. The second kappa shape index (κ2) is 6.53. The molecule has 33 heavy (non-hydrogen) atoms. The van der Waals surface area contributed by atoms with E-state index in [1.54, 1.807) is 0 Å². The highest BCUT2D eigenvalue weighted by molar-refractivity contribution is 5.85. The molecule has 5 rings (SSSR count). The summed E-state index contributed by atoms with van der Waals surface area (Å²) in [5.41, 5.74) is 19.9. The molecule has 2 aliphatic rings. The molecule has 0 atom stereocenters. The molecule has 0 heterocycles. The zero-order chi connectivity index (χ0) is 24.1. The number of benzene rings is 3. The van der Waals surface area contributed by atoms with Crippen LogP contribution in [0, 0.1) is 6.92 Å². The van der Waals surface area contributed by atoms with E-state index in [0.717, 1.165) is 12.1 Å². The summed E-state index contributed by atoms with van der Waals surface area (Å²) in [4.78, 5) is 0. The van der Waals surface area contributed by atoms with Crippen molar-refractivity contribution >= 4 is 5.69 Å². The van der Waals surface area contributed by atoms with Crippen LogP contribution in [0.25, 0.3) is 22.3 Å². The van der Waals surface area contributed by atoms with Crippen LogP contribution in [0.3, 0.4) is 0 Å². The van der Waals surface area contributed by atoms with Gasteiger partial charge in [-0.25, -0.2) is 0 Å². The summed E-state index contributed by atoms with van der Waals surface area (Å²) in [6.45, 7) is 21.5. The molecule has 0 saturated heterocycles. The first-order valence-corrected chi connectivity index (χ1v) is 12.4. The molecule has 0 unspecified atom stereocenters. The van der Waals surface area contributed by atoms with Crippen molar-refractivity contribution in [2.45, 2.75) is 90.4 Å². The van der Waals surface area contributed by atoms with E-state index in [1.165, 1.54) is 50.1 Å². The molecule has 1 heteroatoms. The van der Waals surface area contributed by atoms with Gasteiger partial charge in [0.05, 0.1) is 0 Å². The molecule has 0 radical (unpaired) electrons. The lowest BCUT2D eigenvalue weighted by molar-refractivity contribution is 0.299. The highest BCUT2D eigenvalue weighted by Crippen LogP contribution is 2.57. The van der Waals surface area contributed by atoms with Crippen molar-refractivity contribution in [3.8, 4) is 22.3 Å². The van der Waals surface area contributed by atoms with Gasteiger partial charge in [0.25, 0.3) is 0 Å². The molecule has 3 aromatic carbocycles. The van der Waals surface area contributed by atoms with E-state index >= 15 is 0 Å². The first-order valence-electron chi connectivity index (χ1n) is 12.4. The molecule has 0 fully saturated rings. The van der Waals surface area contributed by atoms with Gasteiger partial charge in [-0.15, -0.1) is 0 Å². The lowest BCUT2D eigenvalue weighted by atomic mass is 9.54. The Kier molecular flexibility index (Phi) is 4.40. The highest BCUT2D eigenvalue weighted by Gasteiger charge is 2.47. The normalized spacial score (nSPS) is 20.6. The minimum absolute atomic E-state index is 0.0328. The lowest BCUT2D eigenvalue weighted by Gasteiger charge is -2.49. The molecular weight excluding hydrogens is 398 g/mol. The van der Waals surface area contributed by atoms with Gasteiger partial charge in [-0.3, -0.25) is 0 Å². The molecule has 0 bridgehead atoms. The van der Waals surface area contributed by atoms with Crippen LogP contribution in [0.15, 0.2) is 48.5 Å². The average Bonchev–Trinajstić information content (AvgIpc) is 2.76. The topological polar surface area (TPSA) is 26.0 Å². The average molecular weight is 438 g/mol. The second-order valence-electron chi connectivity index (χ2n) is 13.0. The van der Waals surface area contributed by atoms with Crippen LogP contribution >= 0.6 is 0 Å². The predicted octanol–water partition coefficient (Wildman–Crippen LogP) is 8.44. The van der Waals surface area contributed by atoms with Gasteiger partial charge in [-0.05, 0) is 104 Å². The standard InChI is InChI=1S/C32H39N/c1-19-10-12-21-23-17-28-24(16-26(23)30(4,5)18-29(2,3)25(21)14-19)22-13-11-20(33)15-27(22)31(6,7)32(28,8)9/h10-17H,18,33H2,1-9H3. The molecule has 0 aromatic heterocycles. The van der Waals surface area contributed by atoms with Crippen LogP contribution < -0.4 is 5.73 Å². The molecule has 2 N–H and O–H groups in total. The smallest absolute Gasteiger partial charge is 0.0317 e. The molecule has 0 saturated carbocycles. The Morgan fingerprint density at radius 1 is 0.545 bits per heavy atom. The van der Waals surface area contributed by atoms with Crippen LogP contribution in [0.1, 0.15) is 89.6 Å². The number of hydrogen-bond donors (Lipinski definition) is 1. The van der Waals surface area contributed by atoms with Gasteiger partial charge in [-0.2, -0.15) is 0 Å². The molecular formula is C32H39N. The van der Waals surface area contributed by atoms with E-state index < -0.39 is 0 Å². The van der Waals surface area contributed by atoms with Crippen molar-refractivity contribution in [3.63, 3.8) is 0 Å². The summed E-state index contributed by atoms with van der Waals surface area (Å²) in [7, 11) is 0. The SMILES string of the molecule is Cc1ccc2c(c1)C(C)(C)CC(C)(C)c1cc3c(cc1-2)C(C)(C)C(C)(C)c1cc(N)ccc1-3. The van der Waals surface area contributed by atoms with Gasteiger partial charge in [0.15, 0.2) is 0 Å². The summed E-state index contributed by atoms with van der Waals surface area (Å²) in [5, 5.41) is 0. The molecule has 0 spiro atoms. The third-order valence-corrected chi connectivity index (χ3v) is 9.21.